The van der Waals surface area contributed by atoms with Crippen LogP contribution in [0.15, 0.2) is 36.9 Å². The highest BCUT2D eigenvalue weighted by atomic mass is 19.1. The summed E-state index contributed by atoms with van der Waals surface area (Å²) in [5, 5.41) is 2.67. The van der Waals surface area contributed by atoms with Gasteiger partial charge in [0.1, 0.15) is 17.0 Å². The molecule has 0 aliphatic carbocycles. The van der Waals surface area contributed by atoms with E-state index < -0.39 is 29.0 Å². The van der Waals surface area contributed by atoms with Gasteiger partial charge in [0, 0.05) is 37.7 Å². The monoisotopic (exact) mass is 434 g/mol. The molecule has 1 fully saturated rings. The standard InChI is InChI=1S/C23H31FN2O5/c1-6-8-16(7-2)18-10-9-17(24)15-19(18)31-26-20(27)23(11-13-29-14-12-23)25-21(28)30-22(3,4)5/h6,8-10,15H,1,7,11-14H2,2-5H3,(H,25,28)(H,26,27)/b16-8+. The Bertz CT molecular complexity index is 839. The van der Waals surface area contributed by atoms with E-state index in [4.69, 9.17) is 14.3 Å². The number of hydrogen-bond donors (Lipinski definition) is 2. The van der Waals surface area contributed by atoms with E-state index in [1.54, 1.807) is 39.0 Å². The summed E-state index contributed by atoms with van der Waals surface area (Å²) in [5.74, 6) is -0.917. The van der Waals surface area contributed by atoms with Crippen LogP contribution in [0.2, 0.25) is 0 Å². The summed E-state index contributed by atoms with van der Waals surface area (Å²) in [6, 6.07) is 4.10. The van der Waals surface area contributed by atoms with Crippen LogP contribution >= 0.6 is 0 Å². The van der Waals surface area contributed by atoms with Gasteiger partial charge in [0.05, 0.1) is 0 Å². The van der Waals surface area contributed by atoms with Crippen LogP contribution in [-0.4, -0.2) is 36.4 Å². The third-order valence-electron chi connectivity index (χ3n) is 4.76. The van der Waals surface area contributed by atoms with E-state index in [0.717, 1.165) is 5.57 Å². The number of hydroxylamine groups is 1. The highest BCUT2D eigenvalue weighted by Gasteiger charge is 2.43. The first-order valence-corrected chi connectivity index (χ1v) is 10.3. The van der Waals surface area contributed by atoms with Crippen LogP contribution in [0.3, 0.4) is 0 Å². The summed E-state index contributed by atoms with van der Waals surface area (Å²) in [6.45, 7) is 11.4. The minimum absolute atomic E-state index is 0.155. The number of amides is 2. The molecule has 1 aromatic carbocycles. The molecule has 0 spiro atoms. The zero-order valence-corrected chi connectivity index (χ0v) is 18.5. The van der Waals surface area contributed by atoms with E-state index in [1.165, 1.54) is 12.1 Å². The molecule has 0 saturated carbocycles. The summed E-state index contributed by atoms with van der Waals surface area (Å²) < 4.78 is 24.5. The fourth-order valence-electron chi connectivity index (χ4n) is 3.21. The van der Waals surface area contributed by atoms with Crippen molar-refractivity contribution in [3.05, 3.63) is 48.3 Å². The van der Waals surface area contributed by atoms with Gasteiger partial charge >= 0.3 is 6.09 Å². The first-order valence-electron chi connectivity index (χ1n) is 10.3. The molecular formula is C23H31FN2O5. The third-order valence-corrected chi connectivity index (χ3v) is 4.76. The molecule has 1 aromatic rings. The lowest BCUT2D eigenvalue weighted by atomic mass is 9.89. The van der Waals surface area contributed by atoms with Crippen molar-refractivity contribution in [1.29, 1.82) is 0 Å². The molecule has 2 rings (SSSR count). The van der Waals surface area contributed by atoms with E-state index in [0.29, 0.717) is 12.0 Å². The summed E-state index contributed by atoms with van der Waals surface area (Å²) in [6.07, 6.45) is 3.86. The molecule has 2 N–H and O–H groups in total. The van der Waals surface area contributed by atoms with Crippen molar-refractivity contribution in [2.45, 2.75) is 58.1 Å². The molecule has 0 atom stereocenters. The van der Waals surface area contributed by atoms with E-state index in [-0.39, 0.29) is 31.8 Å². The predicted octanol–water partition coefficient (Wildman–Crippen LogP) is 4.29. The molecule has 0 unspecified atom stereocenters. The number of carbonyl (C=O) groups excluding carboxylic acids is 2. The molecule has 1 aliphatic rings. The second-order valence-corrected chi connectivity index (χ2v) is 8.28. The van der Waals surface area contributed by atoms with E-state index in [2.05, 4.69) is 17.4 Å². The number of rotatable bonds is 7. The third kappa shape index (κ3) is 6.82. The number of benzene rings is 1. The van der Waals surface area contributed by atoms with Crippen molar-refractivity contribution < 1.29 is 28.3 Å². The van der Waals surface area contributed by atoms with Gasteiger partial charge in [-0.1, -0.05) is 25.7 Å². The zero-order chi connectivity index (χ0) is 23.1. The molecule has 2 amide bonds. The molecule has 1 heterocycles. The van der Waals surface area contributed by atoms with Crippen molar-refractivity contribution >= 4 is 17.6 Å². The fourth-order valence-corrected chi connectivity index (χ4v) is 3.21. The van der Waals surface area contributed by atoms with Crippen LogP contribution in [0, 0.1) is 5.82 Å². The van der Waals surface area contributed by atoms with Gasteiger partial charge in [0.25, 0.3) is 5.91 Å². The molecule has 8 heteroatoms. The molecule has 31 heavy (non-hydrogen) atoms. The van der Waals surface area contributed by atoms with Crippen LogP contribution in [-0.2, 0) is 14.3 Å². The summed E-state index contributed by atoms with van der Waals surface area (Å²) in [4.78, 5) is 30.9. The second-order valence-electron chi connectivity index (χ2n) is 8.28. The van der Waals surface area contributed by atoms with Crippen LogP contribution in [0.4, 0.5) is 9.18 Å². The van der Waals surface area contributed by atoms with Crippen molar-refractivity contribution in [2.75, 3.05) is 13.2 Å². The molecule has 1 aliphatic heterocycles. The number of halogens is 1. The quantitative estimate of drug-likeness (QED) is 0.494. The number of allylic oxidation sites excluding steroid dienone is 3. The Morgan fingerprint density at radius 2 is 1.97 bits per heavy atom. The number of ether oxygens (including phenoxy) is 2. The van der Waals surface area contributed by atoms with Crippen molar-refractivity contribution in [2.24, 2.45) is 0 Å². The predicted molar refractivity (Wildman–Crippen MR) is 116 cm³/mol. The SMILES string of the molecule is C=C/C=C(\CC)c1ccc(F)cc1ONC(=O)C1(NC(=O)OC(C)(C)C)CCOCC1. The average Bonchev–Trinajstić information content (AvgIpc) is 2.69. The van der Waals surface area contributed by atoms with Gasteiger partial charge in [-0.25, -0.2) is 9.18 Å². The first kappa shape index (κ1) is 24.4. The van der Waals surface area contributed by atoms with Crippen molar-refractivity contribution in [3.63, 3.8) is 0 Å². The van der Waals surface area contributed by atoms with Gasteiger partial charge in [-0.15, -0.1) is 0 Å². The zero-order valence-electron chi connectivity index (χ0n) is 18.5. The molecule has 0 radical (unpaired) electrons. The van der Waals surface area contributed by atoms with Gasteiger partial charge in [0.15, 0.2) is 5.75 Å². The Labute approximate surface area is 182 Å². The normalized spacial score (nSPS) is 16.2. The lowest BCUT2D eigenvalue weighted by Crippen LogP contribution is -2.62. The van der Waals surface area contributed by atoms with Gasteiger partial charge in [-0.05, 0) is 44.9 Å². The minimum atomic E-state index is -1.27. The van der Waals surface area contributed by atoms with Crippen LogP contribution in [0.25, 0.3) is 5.57 Å². The summed E-state index contributed by atoms with van der Waals surface area (Å²) >= 11 is 0. The largest absolute Gasteiger partial charge is 0.444 e. The fraction of sp³-hybridized carbons (Fsp3) is 0.478. The van der Waals surface area contributed by atoms with Crippen LogP contribution in [0.1, 0.15) is 52.5 Å². The maximum atomic E-state index is 13.9. The Balaban J connectivity index is 2.22. The Morgan fingerprint density at radius 3 is 2.55 bits per heavy atom. The molecule has 0 bridgehead atoms. The Hall–Kier alpha value is -2.87. The highest BCUT2D eigenvalue weighted by Crippen LogP contribution is 2.29. The second kappa shape index (κ2) is 10.4. The molecule has 170 valence electrons. The Kier molecular flexibility index (Phi) is 8.21. The van der Waals surface area contributed by atoms with Crippen LogP contribution < -0.4 is 15.6 Å². The summed E-state index contributed by atoms with van der Waals surface area (Å²) in [5.41, 5.74) is 1.90. The molecule has 7 nitrogen and oxygen atoms in total. The van der Waals surface area contributed by atoms with Gasteiger partial charge in [-0.2, -0.15) is 5.48 Å². The van der Waals surface area contributed by atoms with Gasteiger partial charge in [0.2, 0.25) is 0 Å². The number of alkyl carbamates (subject to hydrolysis) is 1. The van der Waals surface area contributed by atoms with E-state index >= 15 is 0 Å². The molecular weight excluding hydrogens is 403 g/mol. The van der Waals surface area contributed by atoms with E-state index in [1.807, 2.05) is 6.92 Å². The smallest absolute Gasteiger partial charge is 0.408 e. The first-order chi connectivity index (χ1) is 14.6. The topological polar surface area (TPSA) is 85.9 Å². The number of hydrogen-bond acceptors (Lipinski definition) is 5. The Morgan fingerprint density at radius 1 is 1.29 bits per heavy atom. The lowest BCUT2D eigenvalue weighted by Gasteiger charge is -2.36. The molecule has 0 aromatic heterocycles. The lowest BCUT2D eigenvalue weighted by molar-refractivity contribution is -0.138. The molecule has 1 saturated heterocycles. The maximum Gasteiger partial charge on any atom is 0.408 e. The van der Waals surface area contributed by atoms with E-state index in [9.17, 15) is 14.0 Å². The van der Waals surface area contributed by atoms with Crippen LogP contribution in [0.5, 0.6) is 5.75 Å². The van der Waals surface area contributed by atoms with Gasteiger partial charge < -0.3 is 19.6 Å². The number of carbonyl (C=O) groups is 2. The number of nitrogens with one attached hydrogen (secondary N) is 2. The highest BCUT2D eigenvalue weighted by molar-refractivity contribution is 5.89. The maximum absolute atomic E-state index is 13.9. The minimum Gasteiger partial charge on any atom is -0.444 e. The van der Waals surface area contributed by atoms with Crippen molar-refractivity contribution in [1.82, 2.24) is 10.8 Å². The van der Waals surface area contributed by atoms with Crippen molar-refractivity contribution in [3.8, 4) is 5.75 Å². The summed E-state index contributed by atoms with van der Waals surface area (Å²) in [7, 11) is 0. The average molecular weight is 435 g/mol. The van der Waals surface area contributed by atoms with Gasteiger partial charge in [-0.3, -0.25) is 4.79 Å².